The maximum absolute atomic E-state index is 12.6. The summed E-state index contributed by atoms with van der Waals surface area (Å²) in [6.45, 7) is 11.4. The Morgan fingerprint density at radius 1 is 1.39 bits per heavy atom. The molecule has 0 spiro atoms. The van der Waals surface area contributed by atoms with Gasteiger partial charge in [-0.2, -0.15) is 0 Å². The maximum Gasteiger partial charge on any atom is 0.264 e. The number of nitrogens with zero attached hydrogens (tertiary/aromatic N) is 2. The first-order chi connectivity index (χ1) is 8.54. The van der Waals surface area contributed by atoms with Gasteiger partial charge in [0.25, 0.3) is 5.91 Å². The van der Waals surface area contributed by atoms with E-state index in [0.29, 0.717) is 12.1 Å². The summed E-state index contributed by atoms with van der Waals surface area (Å²) in [6, 6.07) is 2.78. The number of amides is 1. The molecule has 0 radical (unpaired) electrons. The molecule has 1 aromatic rings. The summed E-state index contributed by atoms with van der Waals surface area (Å²) in [7, 11) is 0. The predicted octanol–water partition coefficient (Wildman–Crippen LogP) is 2.61. The molecule has 18 heavy (non-hydrogen) atoms. The van der Waals surface area contributed by atoms with Crippen LogP contribution < -0.4 is 0 Å². The van der Waals surface area contributed by atoms with Crippen LogP contribution in [-0.2, 0) is 0 Å². The van der Waals surface area contributed by atoms with Crippen molar-refractivity contribution in [3.63, 3.8) is 0 Å². The van der Waals surface area contributed by atoms with Crippen LogP contribution in [-0.4, -0.2) is 47.4 Å². The van der Waals surface area contributed by atoms with Gasteiger partial charge in [0.15, 0.2) is 0 Å². The van der Waals surface area contributed by atoms with Crippen LogP contribution >= 0.6 is 11.3 Å². The van der Waals surface area contributed by atoms with Crippen LogP contribution in [0.5, 0.6) is 0 Å². The van der Waals surface area contributed by atoms with E-state index in [4.69, 9.17) is 0 Å². The van der Waals surface area contributed by atoms with Gasteiger partial charge in [0.2, 0.25) is 0 Å². The first kappa shape index (κ1) is 13.6. The van der Waals surface area contributed by atoms with Crippen molar-refractivity contribution < 1.29 is 4.79 Å². The molecule has 2 heterocycles. The summed E-state index contributed by atoms with van der Waals surface area (Å²) >= 11 is 1.56. The van der Waals surface area contributed by atoms with Crippen molar-refractivity contribution in [2.24, 2.45) is 0 Å². The highest BCUT2D eigenvalue weighted by molar-refractivity contribution is 7.12. The zero-order chi connectivity index (χ0) is 13.3. The second-order valence-electron chi connectivity index (χ2n) is 5.18. The van der Waals surface area contributed by atoms with E-state index in [9.17, 15) is 4.79 Å². The minimum atomic E-state index is 0.206. The molecule has 1 aliphatic heterocycles. The fraction of sp³-hybridized carbons (Fsp3) is 0.643. The fourth-order valence-corrected chi connectivity index (χ4v) is 3.52. The summed E-state index contributed by atoms with van der Waals surface area (Å²) in [5, 5.41) is 2.00. The quantitative estimate of drug-likeness (QED) is 0.821. The highest BCUT2D eigenvalue weighted by Gasteiger charge is 2.32. The molecule has 0 aliphatic carbocycles. The van der Waals surface area contributed by atoms with E-state index >= 15 is 0 Å². The highest BCUT2D eigenvalue weighted by Crippen LogP contribution is 2.22. The van der Waals surface area contributed by atoms with Gasteiger partial charge in [0.05, 0.1) is 4.88 Å². The number of aryl methyl sites for hydroxylation is 1. The van der Waals surface area contributed by atoms with Crippen LogP contribution in [0.1, 0.15) is 36.0 Å². The number of thiophene rings is 1. The minimum absolute atomic E-state index is 0.206. The summed E-state index contributed by atoms with van der Waals surface area (Å²) in [5.41, 5.74) is 1.10. The van der Waals surface area contributed by atoms with Crippen molar-refractivity contribution in [1.82, 2.24) is 9.80 Å². The van der Waals surface area contributed by atoms with Gasteiger partial charge < -0.3 is 4.90 Å². The Labute approximate surface area is 113 Å². The molecule has 1 fully saturated rings. The Bertz CT molecular complexity index is 429. The number of piperazine rings is 1. The van der Waals surface area contributed by atoms with Crippen LogP contribution in [0.3, 0.4) is 0 Å². The molecule has 0 unspecified atom stereocenters. The Balaban J connectivity index is 2.14. The molecular weight excluding hydrogens is 244 g/mol. The predicted molar refractivity (Wildman–Crippen MR) is 76.3 cm³/mol. The highest BCUT2D eigenvalue weighted by atomic mass is 32.1. The second kappa shape index (κ2) is 5.41. The zero-order valence-corrected chi connectivity index (χ0v) is 12.5. The minimum Gasteiger partial charge on any atom is -0.332 e. The van der Waals surface area contributed by atoms with Crippen LogP contribution in [0.15, 0.2) is 11.4 Å². The van der Waals surface area contributed by atoms with Gasteiger partial charge in [0, 0.05) is 25.2 Å². The Morgan fingerprint density at radius 2 is 2.11 bits per heavy atom. The maximum atomic E-state index is 12.6. The topological polar surface area (TPSA) is 23.6 Å². The lowest BCUT2D eigenvalue weighted by molar-refractivity contribution is 0.0339. The standard InChI is InChI=1S/C14H22N2OS/c1-5-15-8-12(4)16(9-11(15)3)14(17)13-10(2)6-7-18-13/h6-7,11-12H,5,8-9H2,1-4H3/t11-,12+/m0/s1. The van der Waals surface area contributed by atoms with Crippen LogP contribution in [0.4, 0.5) is 0 Å². The van der Waals surface area contributed by atoms with E-state index in [-0.39, 0.29) is 5.91 Å². The van der Waals surface area contributed by atoms with E-state index in [1.807, 2.05) is 23.3 Å². The van der Waals surface area contributed by atoms with E-state index in [0.717, 1.165) is 30.1 Å². The average Bonchev–Trinajstić information content (AvgIpc) is 2.77. The van der Waals surface area contributed by atoms with Gasteiger partial charge in [0.1, 0.15) is 0 Å². The van der Waals surface area contributed by atoms with Gasteiger partial charge in [-0.1, -0.05) is 6.92 Å². The lowest BCUT2D eigenvalue weighted by Crippen LogP contribution is -2.57. The van der Waals surface area contributed by atoms with Crippen molar-refractivity contribution >= 4 is 17.2 Å². The molecular formula is C14H22N2OS. The average molecular weight is 266 g/mol. The van der Waals surface area contributed by atoms with Gasteiger partial charge in [-0.15, -0.1) is 11.3 Å². The zero-order valence-electron chi connectivity index (χ0n) is 11.6. The fourth-order valence-electron chi connectivity index (χ4n) is 2.64. The number of carbonyl (C=O) groups is 1. The van der Waals surface area contributed by atoms with Crippen LogP contribution in [0.25, 0.3) is 0 Å². The van der Waals surface area contributed by atoms with Gasteiger partial charge in [-0.3, -0.25) is 9.69 Å². The number of likely N-dealkylation sites (N-methyl/N-ethyl adjacent to an activating group) is 1. The van der Waals surface area contributed by atoms with Gasteiger partial charge in [-0.25, -0.2) is 0 Å². The SMILES string of the molecule is CCN1C[C@@H](C)N(C(=O)c2sccc2C)C[C@@H]1C. The monoisotopic (exact) mass is 266 g/mol. The molecule has 2 atom stereocenters. The summed E-state index contributed by atoms with van der Waals surface area (Å²) in [4.78, 5) is 17.9. The first-order valence-corrected chi connectivity index (χ1v) is 7.51. The Kier molecular flexibility index (Phi) is 4.07. The molecule has 0 bridgehead atoms. The Hall–Kier alpha value is -0.870. The summed E-state index contributed by atoms with van der Waals surface area (Å²) < 4.78 is 0. The third-order valence-electron chi connectivity index (χ3n) is 3.84. The Morgan fingerprint density at radius 3 is 2.67 bits per heavy atom. The van der Waals surface area contributed by atoms with E-state index in [2.05, 4.69) is 25.7 Å². The summed E-state index contributed by atoms with van der Waals surface area (Å²) in [6.07, 6.45) is 0. The van der Waals surface area contributed by atoms with Gasteiger partial charge >= 0.3 is 0 Å². The molecule has 0 aromatic carbocycles. The lowest BCUT2D eigenvalue weighted by Gasteiger charge is -2.43. The molecule has 0 N–H and O–H groups in total. The number of carbonyl (C=O) groups excluding carboxylic acids is 1. The smallest absolute Gasteiger partial charge is 0.264 e. The number of hydrogen-bond donors (Lipinski definition) is 0. The van der Waals surface area contributed by atoms with Crippen molar-refractivity contribution in [3.05, 3.63) is 21.9 Å². The molecule has 100 valence electrons. The van der Waals surface area contributed by atoms with Crippen LogP contribution in [0.2, 0.25) is 0 Å². The summed E-state index contributed by atoms with van der Waals surface area (Å²) in [5.74, 6) is 0.206. The number of rotatable bonds is 2. The van der Waals surface area contributed by atoms with Crippen LogP contribution in [0, 0.1) is 6.92 Å². The molecule has 1 amide bonds. The van der Waals surface area contributed by atoms with E-state index in [1.165, 1.54) is 0 Å². The van der Waals surface area contributed by atoms with Crippen molar-refractivity contribution in [2.75, 3.05) is 19.6 Å². The largest absolute Gasteiger partial charge is 0.332 e. The molecule has 1 aromatic heterocycles. The molecule has 3 nitrogen and oxygen atoms in total. The van der Waals surface area contributed by atoms with Crippen molar-refractivity contribution in [1.29, 1.82) is 0 Å². The van der Waals surface area contributed by atoms with Crippen molar-refractivity contribution in [2.45, 2.75) is 39.8 Å². The second-order valence-corrected chi connectivity index (χ2v) is 6.09. The number of hydrogen-bond acceptors (Lipinski definition) is 3. The lowest BCUT2D eigenvalue weighted by atomic mass is 10.1. The van der Waals surface area contributed by atoms with E-state index in [1.54, 1.807) is 11.3 Å². The molecule has 2 rings (SSSR count). The molecule has 4 heteroatoms. The third-order valence-corrected chi connectivity index (χ3v) is 4.84. The van der Waals surface area contributed by atoms with E-state index < -0.39 is 0 Å². The normalized spacial score (nSPS) is 25.4. The molecule has 0 saturated carbocycles. The molecule has 1 saturated heterocycles. The molecule has 1 aliphatic rings. The third kappa shape index (κ3) is 2.45. The first-order valence-electron chi connectivity index (χ1n) is 6.63. The van der Waals surface area contributed by atoms with Crippen molar-refractivity contribution in [3.8, 4) is 0 Å². The van der Waals surface area contributed by atoms with Gasteiger partial charge in [-0.05, 0) is 44.3 Å².